The van der Waals surface area contributed by atoms with Crippen LogP contribution in [0.2, 0.25) is 0 Å². The molecule has 20 heavy (non-hydrogen) atoms. The topological polar surface area (TPSA) is 98.7 Å². The molecule has 6 nitrogen and oxygen atoms in total. The van der Waals surface area contributed by atoms with Gasteiger partial charge in [-0.05, 0) is 18.4 Å². The second-order valence-electron chi connectivity index (χ2n) is 5.29. The van der Waals surface area contributed by atoms with E-state index in [1.807, 2.05) is 6.26 Å². The van der Waals surface area contributed by atoms with Crippen molar-refractivity contribution >= 4 is 23.6 Å². The molecule has 0 saturated carbocycles. The quantitative estimate of drug-likeness (QED) is 0.417. The van der Waals surface area contributed by atoms with Crippen molar-refractivity contribution in [3.8, 4) is 0 Å². The van der Waals surface area contributed by atoms with E-state index in [1.54, 1.807) is 25.6 Å². The van der Waals surface area contributed by atoms with Crippen LogP contribution in [0.4, 0.5) is 0 Å². The van der Waals surface area contributed by atoms with Crippen molar-refractivity contribution in [1.82, 2.24) is 10.6 Å². The molecule has 0 heterocycles. The highest BCUT2D eigenvalue weighted by molar-refractivity contribution is 7.98. The molecule has 0 aliphatic heterocycles. The number of carbonyl (C=O) groups excluding carboxylic acids is 2. The van der Waals surface area contributed by atoms with Crippen molar-refractivity contribution in [3.63, 3.8) is 0 Å². The number of rotatable bonds is 10. The Balaban J connectivity index is 3.83. The van der Waals surface area contributed by atoms with Crippen LogP contribution in [0.5, 0.6) is 0 Å². The molecule has 2 amide bonds. The molecule has 7 heteroatoms. The van der Waals surface area contributed by atoms with Gasteiger partial charge in [-0.2, -0.15) is 11.8 Å². The van der Waals surface area contributed by atoms with Gasteiger partial charge < -0.3 is 20.8 Å². The highest BCUT2D eigenvalue weighted by Gasteiger charge is 2.32. The Morgan fingerprint density at radius 3 is 2.45 bits per heavy atom. The Kier molecular flexibility index (Phi) is 9.62. The number of hydrogen-bond acceptors (Lipinski definition) is 5. The predicted molar refractivity (Wildman–Crippen MR) is 80.5 cm³/mol. The summed E-state index contributed by atoms with van der Waals surface area (Å²) in [5, 5.41) is 24.0. The van der Waals surface area contributed by atoms with Crippen LogP contribution in [0.15, 0.2) is 0 Å². The first kappa shape index (κ1) is 19.2. The van der Waals surface area contributed by atoms with Crippen molar-refractivity contribution in [2.24, 2.45) is 5.41 Å². The van der Waals surface area contributed by atoms with E-state index in [1.165, 1.54) is 0 Å². The molecule has 4 N–H and O–H groups in total. The first-order valence-corrected chi connectivity index (χ1v) is 8.07. The first-order chi connectivity index (χ1) is 9.35. The molecule has 0 aromatic carbocycles. The Labute approximate surface area is 124 Å². The molecule has 0 bridgehead atoms. The fraction of sp³-hybridized carbons (Fsp3) is 0.846. The summed E-state index contributed by atoms with van der Waals surface area (Å²) in [7, 11) is 0. The number of nitrogens with one attached hydrogen (secondary N) is 2. The van der Waals surface area contributed by atoms with Gasteiger partial charge in [0.2, 0.25) is 11.8 Å². The third kappa shape index (κ3) is 7.72. The standard InChI is InChI=1S/C13H26N2O4S/c1-13(2,9-16)11(18)12(19)15-7-5-10(17)14-6-4-8-20-3/h11,16,18H,4-9H2,1-3H3,(H,14,17)(H,15,19)/t11-/m0/s1. The van der Waals surface area contributed by atoms with Crippen LogP contribution in [0.3, 0.4) is 0 Å². The van der Waals surface area contributed by atoms with Crippen molar-refractivity contribution in [2.45, 2.75) is 32.8 Å². The average Bonchev–Trinajstić information content (AvgIpc) is 2.42. The molecule has 0 unspecified atom stereocenters. The lowest BCUT2D eigenvalue weighted by Gasteiger charge is -2.27. The second kappa shape index (κ2) is 10.0. The largest absolute Gasteiger partial charge is 0.396 e. The van der Waals surface area contributed by atoms with E-state index < -0.39 is 17.4 Å². The number of hydrogen-bond donors (Lipinski definition) is 4. The molecule has 0 aromatic rings. The zero-order valence-electron chi connectivity index (χ0n) is 12.4. The zero-order valence-corrected chi connectivity index (χ0v) is 13.3. The third-order valence-electron chi connectivity index (χ3n) is 2.89. The van der Waals surface area contributed by atoms with Crippen LogP contribution < -0.4 is 10.6 Å². The van der Waals surface area contributed by atoms with Gasteiger partial charge in [0.05, 0.1) is 6.61 Å². The molecule has 0 rings (SSSR count). The number of amides is 2. The molecule has 1 atom stereocenters. The molecular weight excluding hydrogens is 280 g/mol. The fourth-order valence-electron chi connectivity index (χ4n) is 1.37. The normalized spacial score (nSPS) is 12.8. The second-order valence-corrected chi connectivity index (χ2v) is 6.27. The van der Waals surface area contributed by atoms with Gasteiger partial charge >= 0.3 is 0 Å². The molecule has 0 saturated heterocycles. The van der Waals surface area contributed by atoms with Gasteiger partial charge in [0.15, 0.2) is 0 Å². The lowest BCUT2D eigenvalue weighted by molar-refractivity contribution is -0.137. The molecule has 0 radical (unpaired) electrons. The summed E-state index contributed by atoms with van der Waals surface area (Å²) >= 11 is 1.73. The monoisotopic (exact) mass is 306 g/mol. The summed E-state index contributed by atoms with van der Waals surface area (Å²) in [5.41, 5.74) is -0.899. The minimum Gasteiger partial charge on any atom is -0.396 e. The molecule has 0 aliphatic rings. The summed E-state index contributed by atoms with van der Waals surface area (Å²) < 4.78 is 0. The molecule has 0 spiro atoms. The fourth-order valence-corrected chi connectivity index (χ4v) is 1.80. The zero-order chi connectivity index (χ0) is 15.6. The Morgan fingerprint density at radius 1 is 1.25 bits per heavy atom. The minimum absolute atomic E-state index is 0.123. The minimum atomic E-state index is -1.29. The summed E-state index contributed by atoms with van der Waals surface area (Å²) in [6.45, 7) is 3.70. The van der Waals surface area contributed by atoms with Crippen molar-refractivity contribution in [2.75, 3.05) is 31.7 Å². The van der Waals surface area contributed by atoms with Gasteiger partial charge in [-0.25, -0.2) is 0 Å². The van der Waals surface area contributed by atoms with Crippen molar-refractivity contribution < 1.29 is 19.8 Å². The highest BCUT2D eigenvalue weighted by Crippen LogP contribution is 2.19. The summed E-state index contributed by atoms with van der Waals surface area (Å²) in [6.07, 6.45) is 1.81. The smallest absolute Gasteiger partial charge is 0.249 e. The third-order valence-corrected chi connectivity index (χ3v) is 3.59. The van der Waals surface area contributed by atoms with Gasteiger partial charge in [-0.15, -0.1) is 0 Å². The van der Waals surface area contributed by atoms with Crippen LogP contribution in [0.1, 0.15) is 26.7 Å². The van der Waals surface area contributed by atoms with Crippen LogP contribution in [-0.2, 0) is 9.59 Å². The molecule has 118 valence electrons. The molecular formula is C13H26N2O4S. The van der Waals surface area contributed by atoms with E-state index in [9.17, 15) is 14.7 Å². The Morgan fingerprint density at radius 2 is 1.90 bits per heavy atom. The molecule has 0 aromatic heterocycles. The first-order valence-electron chi connectivity index (χ1n) is 6.67. The maximum absolute atomic E-state index is 11.6. The maximum atomic E-state index is 11.6. The van der Waals surface area contributed by atoms with E-state index in [0.29, 0.717) is 6.54 Å². The van der Waals surface area contributed by atoms with Gasteiger partial charge in [0.25, 0.3) is 0 Å². The van der Waals surface area contributed by atoms with Gasteiger partial charge in [-0.1, -0.05) is 13.8 Å². The molecule has 0 aliphatic carbocycles. The van der Waals surface area contributed by atoms with Gasteiger partial charge in [-0.3, -0.25) is 9.59 Å². The number of carbonyl (C=O) groups is 2. The SMILES string of the molecule is CSCCCNC(=O)CCNC(=O)[C@H](O)C(C)(C)CO. The Hall–Kier alpha value is -0.790. The van der Waals surface area contributed by atoms with Gasteiger partial charge in [0.1, 0.15) is 6.10 Å². The summed E-state index contributed by atoms with van der Waals surface area (Å²) in [4.78, 5) is 23.1. The van der Waals surface area contributed by atoms with E-state index in [2.05, 4.69) is 10.6 Å². The van der Waals surface area contributed by atoms with Crippen LogP contribution in [0, 0.1) is 5.41 Å². The van der Waals surface area contributed by atoms with E-state index >= 15 is 0 Å². The maximum Gasteiger partial charge on any atom is 0.249 e. The highest BCUT2D eigenvalue weighted by atomic mass is 32.2. The number of aliphatic hydroxyl groups excluding tert-OH is 2. The number of aliphatic hydroxyl groups is 2. The Bertz CT molecular complexity index is 311. The van der Waals surface area contributed by atoms with E-state index in [4.69, 9.17) is 5.11 Å². The van der Waals surface area contributed by atoms with Gasteiger partial charge in [0, 0.05) is 24.9 Å². The van der Waals surface area contributed by atoms with Crippen LogP contribution in [0.25, 0.3) is 0 Å². The van der Waals surface area contributed by atoms with E-state index in [-0.39, 0.29) is 25.5 Å². The van der Waals surface area contributed by atoms with Crippen LogP contribution in [-0.4, -0.2) is 59.8 Å². The average molecular weight is 306 g/mol. The van der Waals surface area contributed by atoms with E-state index in [0.717, 1.165) is 12.2 Å². The predicted octanol–water partition coefficient (Wildman–Crippen LogP) is -0.259. The summed E-state index contributed by atoms with van der Waals surface area (Å²) in [6, 6.07) is 0. The molecule has 0 fully saturated rings. The van der Waals surface area contributed by atoms with Crippen molar-refractivity contribution in [1.29, 1.82) is 0 Å². The van der Waals surface area contributed by atoms with Crippen LogP contribution >= 0.6 is 11.8 Å². The lowest BCUT2D eigenvalue weighted by atomic mass is 9.87. The van der Waals surface area contributed by atoms with Crippen molar-refractivity contribution in [3.05, 3.63) is 0 Å². The lowest BCUT2D eigenvalue weighted by Crippen LogP contribution is -2.46. The summed E-state index contributed by atoms with van der Waals surface area (Å²) in [5.74, 6) is 0.306. The number of thioether (sulfide) groups is 1.